The van der Waals surface area contributed by atoms with Crippen molar-refractivity contribution in [2.24, 2.45) is 0 Å². The van der Waals surface area contributed by atoms with Gasteiger partial charge >= 0.3 is 0 Å². The fourth-order valence-corrected chi connectivity index (χ4v) is 3.16. The molecule has 1 aromatic heterocycles. The van der Waals surface area contributed by atoms with Crippen LogP contribution in [0.1, 0.15) is 36.1 Å². The largest absolute Gasteiger partial charge is 0.493 e. The van der Waals surface area contributed by atoms with Crippen LogP contribution in [-0.4, -0.2) is 12.5 Å². The number of rotatable bonds is 5. The third-order valence-electron chi connectivity index (χ3n) is 4.58. The lowest BCUT2D eigenvalue weighted by Crippen LogP contribution is -2.10. The van der Waals surface area contributed by atoms with Gasteiger partial charge in [0.15, 0.2) is 0 Å². The van der Waals surface area contributed by atoms with Crippen molar-refractivity contribution in [1.82, 2.24) is 0 Å². The quantitative estimate of drug-likeness (QED) is 0.583. The van der Waals surface area contributed by atoms with Gasteiger partial charge in [0.05, 0.1) is 12.9 Å². The van der Waals surface area contributed by atoms with E-state index in [0.29, 0.717) is 12.4 Å². The Balaban J connectivity index is 1.93. The summed E-state index contributed by atoms with van der Waals surface area (Å²) >= 11 is 0. The summed E-state index contributed by atoms with van der Waals surface area (Å²) in [4.78, 5) is 12.5. The van der Waals surface area contributed by atoms with Crippen molar-refractivity contribution in [3.05, 3.63) is 64.9 Å². The monoisotopic (exact) mass is 363 g/mol. The molecule has 0 fully saturated rings. The van der Waals surface area contributed by atoms with E-state index in [0.717, 1.165) is 38.9 Å². The normalized spacial score (nSPS) is 11.7. The van der Waals surface area contributed by atoms with E-state index in [1.54, 1.807) is 12.3 Å². The summed E-state index contributed by atoms with van der Waals surface area (Å²) in [5.41, 5.74) is 6.60. The third kappa shape index (κ3) is 4.05. The van der Waals surface area contributed by atoms with E-state index in [2.05, 4.69) is 11.4 Å². The second kappa shape index (κ2) is 7.70. The molecule has 4 heteroatoms. The van der Waals surface area contributed by atoms with E-state index in [1.807, 2.05) is 58.9 Å². The molecule has 0 unspecified atom stereocenters. The fourth-order valence-electron chi connectivity index (χ4n) is 3.16. The zero-order valence-electron chi connectivity index (χ0n) is 16.5. The predicted molar refractivity (Wildman–Crippen MR) is 110 cm³/mol. The second-order valence-electron chi connectivity index (χ2n) is 6.83. The number of carbonyl (C=O) groups is 1. The minimum atomic E-state index is -0.161. The fraction of sp³-hybridized carbons (Fsp3) is 0.261. The zero-order chi connectivity index (χ0) is 19.6. The summed E-state index contributed by atoms with van der Waals surface area (Å²) in [5.74, 6) is 0.554. The first-order valence-electron chi connectivity index (χ1n) is 9.10. The SMILES string of the molecule is CCOc1cc2occ(C)c2cc1/C(C)=C/C(=O)Nc1ccc(C)cc1C. The summed E-state index contributed by atoms with van der Waals surface area (Å²) in [6, 6.07) is 9.88. The van der Waals surface area contributed by atoms with Crippen molar-refractivity contribution in [2.75, 3.05) is 11.9 Å². The average molecular weight is 363 g/mol. The van der Waals surface area contributed by atoms with Gasteiger partial charge in [0.1, 0.15) is 11.3 Å². The first-order valence-corrected chi connectivity index (χ1v) is 9.10. The Kier molecular flexibility index (Phi) is 5.36. The zero-order valence-corrected chi connectivity index (χ0v) is 16.5. The number of hydrogen-bond donors (Lipinski definition) is 1. The second-order valence-corrected chi connectivity index (χ2v) is 6.83. The van der Waals surface area contributed by atoms with Gasteiger partial charge in [0, 0.05) is 28.8 Å². The van der Waals surface area contributed by atoms with Crippen LogP contribution in [-0.2, 0) is 4.79 Å². The molecule has 0 atom stereocenters. The Morgan fingerprint density at radius 3 is 2.63 bits per heavy atom. The van der Waals surface area contributed by atoms with Gasteiger partial charge in [-0.25, -0.2) is 0 Å². The molecule has 0 aliphatic rings. The standard InChI is InChI=1S/C23H25NO3/c1-6-26-21-12-22-19(17(5)13-27-22)11-18(21)15(3)10-23(25)24-20-8-7-14(2)9-16(20)4/h7-13H,6H2,1-5H3,(H,24,25)/b15-10+. The number of nitrogens with one attached hydrogen (secondary N) is 1. The molecule has 140 valence electrons. The number of benzene rings is 2. The minimum Gasteiger partial charge on any atom is -0.493 e. The van der Waals surface area contributed by atoms with Gasteiger partial charge in [0.25, 0.3) is 0 Å². The molecule has 2 aromatic carbocycles. The van der Waals surface area contributed by atoms with Crippen LogP contribution in [0.15, 0.2) is 47.1 Å². The third-order valence-corrected chi connectivity index (χ3v) is 4.58. The van der Waals surface area contributed by atoms with Crippen LogP contribution in [0.2, 0.25) is 0 Å². The number of fused-ring (bicyclic) bond motifs is 1. The number of carbonyl (C=O) groups excluding carboxylic acids is 1. The molecule has 1 N–H and O–H groups in total. The summed E-state index contributed by atoms with van der Waals surface area (Å²) < 4.78 is 11.3. The molecule has 0 aliphatic heterocycles. The molecular formula is C23H25NO3. The Morgan fingerprint density at radius 1 is 1.15 bits per heavy atom. The smallest absolute Gasteiger partial charge is 0.248 e. The molecule has 3 rings (SSSR count). The van der Waals surface area contributed by atoms with Crippen LogP contribution in [0, 0.1) is 20.8 Å². The van der Waals surface area contributed by atoms with Gasteiger partial charge in [0.2, 0.25) is 5.91 Å². The van der Waals surface area contributed by atoms with Crippen LogP contribution in [0.5, 0.6) is 5.75 Å². The summed E-state index contributed by atoms with van der Waals surface area (Å²) in [6.07, 6.45) is 3.34. The van der Waals surface area contributed by atoms with E-state index in [9.17, 15) is 4.79 Å². The Labute approximate surface area is 159 Å². The molecule has 0 spiro atoms. The highest BCUT2D eigenvalue weighted by molar-refractivity contribution is 6.05. The molecule has 0 saturated heterocycles. The van der Waals surface area contributed by atoms with Gasteiger partial charge in [-0.2, -0.15) is 0 Å². The van der Waals surface area contributed by atoms with E-state index in [1.165, 1.54) is 5.56 Å². The maximum atomic E-state index is 12.5. The van der Waals surface area contributed by atoms with Crippen LogP contribution < -0.4 is 10.1 Å². The summed E-state index contributed by atoms with van der Waals surface area (Å²) in [7, 11) is 0. The molecule has 0 aliphatic carbocycles. The van der Waals surface area contributed by atoms with Crippen molar-refractivity contribution >= 4 is 28.1 Å². The Morgan fingerprint density at radius 2 is 1.93 bits per heavy atom. The van der Waals surface area contributed by atoms with Gasteiger partial charge in [-0.3, -0.25) is 4.79 Å². The maximum absolute atomic E-state index is 12.5. The van der Waals surface area contributed by atoms with E-state index in [-0.39, 0.29) is 5.91 Å². The lowest BCUT2D eigenvalue weighted by molar-refractivity contribution is -0.111. The highest BCUT2D eigenvalue weighted by atomic mass is 16.5. The minimum absolute atomic E-state index is 0.161. The van der Waals surface area contributed by atoms with Crippen LogP contribution in [0.25, 0.3) is 16.5 Å². The van der Waals surface area contributed by atoms with Crippen LogP contribution in [0.3, 0.4) is 0 Å². The molecule has 0 bridgehead atoms. The highest BCUT2D eigenvalue weighted by Gasteiger charge is 2.13. The molecule has 27 heavy (non-hydrogen) atoms. The maximum Gasteiger partial charge on any atom is 0.248 e. The van der Waals surface area contributed by atoms with E-state index >= 15 is 0 Å². The van der Waals surface area contributed by atoms with Crippen LogP contribution in [0.4, 0.5) is 5.69 Å². The summed E-state index contributed by atoms with van der Waals surface area (Å²) in [5, 5.41) is 3.98. The average Bonchev–Trinajstić information content (AvgIpc) is 2.97. The lowest BCUT2D eigenvalue weighted by atomic mass is 10.0. The molecule has 3 aromatic rings. The molecule has 1 amide bonds. The van der Waals surface area contributed by atoms with Crippen molar-refractivity contribution < 1.29 is 13.9 Å². The van der Waals surface area contributed by atoms with Gasteiger partial charge in [-0.1, -0.05) is 17.7 Å². The highest BCUT2D eigenvalue weighted by Crippen LogP contribution is 2.33. The first kappa shape index (κ1) is 18.8. The number of amides is 1. The number of ether oxygens (including phenoxy) is 1. The molecule has 1 heterocycles. The van der Waals surface area contributed by atoms with Gasteiger partial charge < -0.3 is 14.5 Å². The number of hydrogen-bond acceptors (Lipinski definition) is 3. The first-order chi connectivity index (χ1) is 12.9. The summed E-state index contributed by atoms with van der Waals surface area (Å²) in [6.45, 7) is 10.4. The molecule has 0 saturated carbocycles. The van der Waals surface area contributed by atoms with Gasteiger partial charge in [-0.05, 0) is 63.5 Å². The van der Waals surface area contributed by atoms with Crippen molar-refractivity contribution in [2.45, 2.75) is 34.6 Å². The number of aryl methyl sites for hydroxylation is 3. The van der Waals surface area contributed by atoms with E-state index < -0.39 is 0 Å². The van der Waals surface area contributed by atoms with Crippen molar-refractivity contribution in [1.29, 1.82) is 0 Å². The Bertz CT molecular complexity index is 1030. The van der Waals surface area contributed by atoms with Crippen molar-refractivity contribution in [3.63, 3.8) is 0 Å². The number of allylic oxidation sites excluding steroid dienone is 1. The Hall–Kier alpha value is -3.01. The number of anilines is 1. The van der Waals surface area contributed by atoms with E-state index in [4.69, 9.17) is 9.15 Å². The topological polar surface area (TPSA) is 51.5 Å². The molecular weight excluding hydrogens is 338 g/mol. The molecule has 4 nitrogen and oxygen atoms in total. The predicted octanol–water partition coefficient (Wildman–Crippen LogP) is 5.80. The lowest BCUT2D eigenvalue weighted by Gasteiger charge is -2.12. The van der Waals surface area contributed by atoms with Crippen molar-refractivity contribution in [3.8, 4) is 5.75 Å². The number of furan rings is 1. The van der Waals surface area contributed by atoms with Crippen LogP contribution >= 0.6 is 0 Å². The van der Waals surface area contributed by atoms with Gasteiger partial charge in [-0.15, -0.1) is 0 Å². The molecule has 0 radical (unpaired) electrons.